The van der Waals surface area contributed by atoms with Crippen LogP contribution in [0.5, 0.6) is 0 Å². The molecular formula is C10H15CuNO2. The Balaban J connectivity index is 0. The van der Waals surface area contributed by atoms with E-state index in [-0.39, 0.29) is 17.1 Å². The quantitative estimate of drug-likeness (QED) is 0.779. The third-order valence-corrected chi connectivity index (χ3v) is 1.31. The van der Waals surface area contributed by atoms with Crippen LogP contribution in [0.2, 0.25) is 0 Å². The summed E-state index contributed by atoms with van der Waals surface area (Å²) < 4.78 is 0. The molecular weight excluding hydrogens is 230 g/mol. The maximum atomic E-state index is 10.2. The third kappa shape index (κ3) is 7.80. The van der Waals surface area contributed by atoms with Gasteiger partial charge in [0.05, 0.1) is 5.56 Å². The molecule has 4 heteroatoms. The summed E-state index contributed by atoms with van der Waals surface area (Å²) in [7, 11) is 0. The van der Waals surface area contributed by atoms with E-state index < -0.39 is 5.97 Å². The smallest absolute Gasteiger partial charge is 0.335 e. The predicted octanol–water partition coefficient (Wildman–Crippen LogP) is 1.74. The molecule has 14 heavy (non-hydrogen) atoms. The fraction of sp³-hybridized carbons (Fsp3) is 0.300. The molecule has 3 nitrogen and oxygen atoms in total. The second-order valence-corrected chi connectivity index (χ2v) is 2.46. The number of carboxylic acids is 1. The minimum absolute atomic E-state index is 0. The van der Waals surface area contributed by atoms with Crippen molar-refractivity contribution in [1.29, 1.82) is 0 Å². The molecule has 3 N–H and O–H groups in total. The molecule has 0 spiro atoms. The Hall–Kier alpha value is -0.831. The van der Waals surface area contributed by atoms with Crippen molar-refractivity contribution in [3.63, 3.8) is 0 Å². The molecule has 83 valence electrons. The SMILES string of the molecule is CCCN.O=C(O)c1ccccc1.[Cu]. The molecule has 0 saturated carbocycles. The number of hydrogen-bond donors (Lipinski definition) is 2. The molecule has 0 saturated heterocycles. The van der Waals surface area contributed by atoms with E-state index in [4.69, 9.17) is 10.8 Å². The van der Waals surface area contributed by atoms with E-state index in [0.29, 0.717) is 5.56 Å². The largest absolute Gasteiger partial charge is 0.478 e. The number of carbonyl (C=O) groups is 1. The molecule has 0 heterocycles. The predicted molar refractivity (Wildman–Crippen MR) is 52.7 cm³/mol. The van der Waals surface area contributed by atoms with Gasteiger partial charge in [-0.15, -0.1) is 0 Å². The van der Waals surface area contributed by atoms with E-state index >= 15 is 0 Å². The van der Waals surface area contributed by atoms with Crippen molar-refractivity contribution in [3.8, 4) is 0 Å². The summed E-state index contributed by atoms with van der Waals surface area (Å²) >= 11 is 0. The fourth-order valence-electron chi connectivity index (χ4n) is 0.581. The van der Waals surface area contributed by atoms with Gasteiger partial charge >= 0.3 is 5.97 Å². The monoisotopic (exact) mass is 244 g/mol. The van der Waals surface area contributed by atoms with Crippen LogP contribution in [-0.4, -0.2) is 17.6 Å². The van der Waals surface area contributed by atoms with Gasteiger partial charge in [0.1, 0.15) is 0 Å². The average Bonchev–Trinajstić information content (AvgIpc) is 2.19. The van der Waals surface area contributed by atoms with Gasteiger partial charge in [-0.05, 0) is 25.1 Å². The second-order valence-electron chi connectivity index (χ2n) is 2.46. The normalized spacial score (nSPS) is 7.86. The molecule has 0 atom stereocenters. The molecule has 0 bridgehead atoms. The topological polar surface area (TPSA) is 63.3 Å². The van der Waals surface area contributed by atoms with Crippen LogP contribution in [0.4, 0.5) is 0 Å². The maximum absolute atomic E-state index is 10.2. The van der Waals surface area contributed by atoms with Gasteiger partial charge in [0.25, 0.3) is 0 Å². The molecule has 1 rings (SSSR count). The first-order chi connectivity index (χ1) is 6.22. The van der Waals surface area contributed by atoms with Crippen LogP contribution in [0, 0.1) is 0 Å². The zero-order valence-electron chi connectivity index (χ0n) is 8.04. The van der Waals surface area contributed by atoms with Crippen LogP contribution in [0.25, 0.3) is 0 Å². The van der Waals surface area contributed by atoms with Crippen molar-refractivity contribution in [2.45, 2.75) is 13.3 Å². The molecule has 0 fully saturated rings. The summed E-state index contributed by atoms with van der Waals surface area (Å²) in [6.07, 6.45) is 1.10. The van der Waals surface area contributed by atoms with E-state index in [1.54, 1.807) is 30.3 Å². The Morgan fingerprint density at radius 1 is 1.36 bits per heavy atom. The van der Waals surface area contributed by atoms with Crippen LogP contribution >= 0.6 is 0 Å². The minimum atomic E-state index is -0.879. The summed E-state index contributed by atoms with van der Waals surface area (Å²) in [5.41, 5.74) is 5.36. The zero-order valence-corrected chi connectivity index (χ0v) is 8.98. The van der Waals surface area contributed by atoms with Crippen LogP contribution < -0.4 is 5.73 Å². The number of aromatic carboxylic acids is 1. The van der Waals surface area contributed by atoms with E-state index in [1.165, 1.54) is 0 Å². The van der Waals surface area contributed by atoms with Crippen molar-refractivity contribution >= 4 is 5.97 Å². The zero-order chi connectivity index (χ0) is 10.1. The Morgan fingerprint density at radius 3 is 2.00 bits per heavy atom. The van der Waals surface area contributed by atoms with Crippen LogP contribution in [0.3, 0.4) is 0 Å². The van der Waals surface area contributed by atoms with Crippen molar-refractivity contribution in [2.24, 2.45) is 5.73 Å². The number of carboxylic acid groups (broad SMARTS) is 1. The fourth-order valence-corrected chi connectivity index (χ4v) is 0.581. The standard InChI is InChI=1S/C7H6O2.C3H9N.Cu/c8-7(9)6-4-2-1-3-5-6;1-2-3-4;/h1-5H,(H,8,9);2-4H2,1H3;. The van der Waals surface area contributed by atoms with Gasteiger partial charge in [-0.2, -0.15) is 0 Å². The second kappa shape index (κ2) is 10.3. The van der Waals surface area contributed by atoms with Crippen LogP contribution in [-0.2, 0) is 17.1 Å². The summed E-state index contributed by atoms with van der Waals surface area (Å²) in [5.74, 6) is -0.879. The van der Waals surface area contributed by atoms with Gasteiger partial charge in [0.15, 0.2) is 0 Å². The van der Waals surface area contributed by atoms with Gasteiger partial charge in [0, 0.05) is 17.1 Å². The molecule has 0 aliphatic rings. The van der Waals surface area contributed by atoms with Gasteiger partial charge in [0.2, 0.25) is 0 Å². The molecule has 0 unspecified atom stereocenters. The van der Waals surface area contributed by atoms with Gasteiger partial charge in [-0.25, -0.2) is 4.79 Å². The Labute approximate surface area is 94.8 Å². The minimum Gasteiger partial charge on any atom is -0.478 e. The van der Waals surface area contributed by atoms with Crippen LogP contribution in [0.15, 0.2) is 30.3 Å². The van der Waals surface area contributed by atoms with E-state index in [9.17, 15) is 4.79 Å². The summed E-state index contributed by atoms with van der Waals surface area (Å²) in [5, 5.41) is 8.38. The number of rotatable bonds is 2. The number of nitrogens with two attached hydrogens (primary N) is 1. The summed E-state index contributed by atoms with van der Waals surface area (Å²) in [4.78, 5) is 10.2. The van der Waals surface area contributed by atoms with Crippen molar-refractivity contribution < 1.29 is 27.0 Å². The molecule has 0 aromatic heterocycles. The number of hydrogen-bond acceptors (Lipinski definition) is 2. The van der Waals surface area contributed by atoms with E-state index in [0.717, 1.165) is 13.0 Å². The Bertz CT molecular complexity index is 237. The number of benzene rings is 1. The van der Waals surface area contributed by atoms with Gasteiger partial charge < -0.3 is 10.8 Å². The molecule has 1 radical (unpaired) electrons. The molecule has 1 aromatic rings. The van der Waals surface area contributed by atoms with Gasteiger partial charge in [-0.1, -0.05) is 25.1 Å². The first-order valence-electron chi connectivity index (χ1n) is 4.20. The Morgan fingerprint density at radius 2 is 1.79 bits per heavy atom. The van der Waals surface area contributed by atoms with E-state index in [2.05, 4.69) is 6.92 Å². The van der Waals surface area contributed by atoms with Crippen LogP contribution in [0.1, 0.15) is 23.7 Å². The first kappa shape index (κ1) is 15.6. The summed E-state index contributed by atoms with van der Waals surface area (Å²) in [6, 6.07) is 8.30. The van der Waals surface area contributed by atoms with Gasteiger partial charge in [-0.3, -0.25) is 0 Å². The first-order valence-corrected chi connectivity index (χ1v) is 4.20. The molecule has 1 aromatic carbocycles. The average molecular weight is 245 g/mol. The van der Waals surface area contributed by atoms with Crippen molar-refractivity contribution in [1.82, 2.24) is 0 Å². The maximum Gasteiger partial charge on any atom is 0.335 e. The molecule has 0 aliphatic carbocycles. The van der Waals surface area contributed by atoms with E-state index in [1.807, 2.05) is 0 Å². The summed E-state index contributed by atoms with van der Waals surface area (Å²) in [6.45, 7) is 2.88. The molecule has 0 aliphatic heterocycles. The van der Waals surface area contributed by atoms with Crippen molar-refractivity contribution in [2.75, 3.05) is 6.54 Å². The molecule has 0 amide bonds. The third-order valence-electron chi connectivity index (χ3n) is 1.31. The van der Waals surface area contributed by atoms with Crippen molar-refractivity contribution in [3.05, 3.63) is 35.9 Å². The Kier molecular flexibility index (Phi) is 11.4.